The number of fused-ring (bicyclic) bond motifs is 1. The van der Waals surface area contributed by atoms with Gasteiger partial charge in [-0.1, -0.05) is 12.1 Å². The average molecular weight is 367 g/mol. The van der Waals surface area contributed by atoms with Crippen molar-refractivity contribution in [2.24, 2.45) is 0 Å². The summed E-state index contributed by atoms with van der Waals surface area (Å²) in [5.74, 6) is -0.107. The van der Waals surface area contributed by atoms with Gasteiger partial charge >= 0.3 is 0 Å². The lowest BCUT2D eigenvalue weighted by Gasteiger charge is -2.06. The van der Waals surface area contributed by atoms with E-state index >= 15 is 0 Å². The second kappa shape index (κ2) is 6.68. The van der Waals surface area contributed by atoms with Crippen molar-refractivity contribution in [3.05, 3.63) is 76.6 Å². The number of aromatic hydroxyl groups is 1. The highest BCUT2D eigenvalue weighted by Gasteiger charge is 2.14. The summed E-state index contributed by atoms with van der Waals surface area (Å²) in [6.07, 6.45) is 2.17. The highest BCUT2D eigenvalue weighted by atomic mass is 32.1. The van der Waals surface area contributed by atoms with Crippen molar-refractivity contribution in [1.29, 1.82) is 0 Å². The van der Waals surface area contributed by atoms with Crippen molar-refractivity contribution in [2.45, 2.75) is 13.0 Å². The zero-order chi connectivity index (χ0) is 18.1. The van der Waals surface area contributed by atoms with E-state index in [1.54, 1.807) is 28.8 Å². The summed E-state index contributed by atoms with van der Waals surface area (Å²) in [5, 5.41) is 9.32. The summed E-state index contributed by atoms with van der Waals surface area (Å²) in [7, 11) is 0. The first-order chi connectivity index (χ1) is 12.6. The SMILES string of the molecule is O=c1c2snc(-c3ccc(F)cc3)c2ncn1CCc1ccc(O)cc1. The number of rotatable bonds is 4. The summed E-state index contributed by atoms with van der Waals surface area (Å²) in [6.45, 7) is 0.482. The molecule has 0 saturated carbocycles. The number of aromatic nitrogens is 3. The second-order valence-corrected chi connectivity index (χ2v) is 6.65. The van der Waals surface area contributed by atoms with Crippen molar-refractivity contribution < 1.29 is 9.50 Å². The Morgan fingerprint density at radius 3 is 2.54 bits per heavy atom. The van der Waals surface area contributed by atoms with Crippen LogP contribution in [0.2, 0.25) is 0 Å². The molecule has 4 aromatic rings. The minimum absolute atomic E-state index is 0.139. The smallest absolute Gasteiger partial charge is 0.272 e. The first kappa shape index (κ1) is 16.4. The van der Waals surface area contributed by atoms with E-state index in [0.717, 1.165) is 22.7 Å². The molecule has 2 aromatic carbocycles. The van der Waals surface area contributed by atoms with E-state index in [4.69, 9.17) is 0 Å². The fourth-order valence-electron chi connectivity index (χ4n) is 2.72. The number of phenolic OH excluding ortho intramolecular Hbond substituents is 1. The molecule has 0 amide bonds. The quantitative estimate of drug-likeness (QED) is 0.598. The van der Waals surface area contributed by atoms with Crippen LogP contribution in [-0.4, -0.2) is 19.0 Å². The molecule has 2 aromatic heterocycles. The summed E-state index contributed by atoms with van der Waals surface area (Å²) in [4.78, 5) is 17.1. The molecule has 5 nitrogen and oxygen atoms in total. The number of nitrogens with zero attached hydrogens (tertiary/aromatic N) is 3. The van der Waals surface area contributed by atoms with Crippen LogP contribution in [0, 0.1) is 5.82 Å². The number of aryl methyl sites for hydroxylation is 2. The predicted octanol–water partition coefficient (Wildman–Crippen LogP) is 3.61. The Labute approximate surface area is 152 Å². The van der Waals surface area contributed by atoms with Gasteiger partial charge < -0.3 is 5.11 Å². The van der Waals surface area contributed by atoms with Gasteiger partial charge in [0.2, 0.25) is 0 Å². The summed E-state index contributed by atoms with van der Waals surface area (Å²) >= 11 is 1.10. The van der Waals surface area contributed by atoms with Crippen LogP contribution in [-0.2, 0) is 13.0 Å². The first-order valence-corrected chi connectivity index (χ1v) is 8.78. The molecule has 0 fully saturated rings. The molecule has 0 radical (unpaired) electrons. The van der Waals surface area contributed by atoms with Gasteiger partial charge in [0.05, 0.1) is 6.33 Å². The number of hydrogen-bond acceptors (Lipinski definition) is 5. The standard InChI is InChI=1S/C19H14FN3O2S/c20-14-5-3-13(4-6-14)16-17-18(26-22-16)19(25)23(11-21-17)10-9-12-1-7-15(24)8-2-12/h1-8,11,24H,9-10H2. The van der Waals surface area contributed by atoms with Crippen molar-refractivity contribution in [3.8, 4) is 17.0 Å². The third-order valence-electron chi connectivity index (χ3n) is 4.14. The largest absolute Gasteiger partial charge is 0.508 e. The monoisotopic (exact) mass is 367 g/mol. The number of benzene rings is 2. The van der Waals surface area contributed by atoms with Crippen molar-refractivity contribution in [1.82, 2.24) is 13.9 Å². The molecule has 130 valence electrons. The Bertz CT molecular complexity index is 1120. The molecule has 0 atom stereocenters. The van der Waals surface area contributed by atoms with E-state index in [1.807, 2.05) is 12.1 Å². The minimum Gasteiger partial charge on any atom is -0.508 e. The van der Waals surface area contributed by atoms with Gasteiger partial charge in [-0.2, -0.15) is 4.37 Å². The molecule has 0 bridgehead atoms. The molecule has 0 aliphatic heterocycles. The normalized spacial score (nSPS) is 11.1. The fraction of sp³-hybridized carbons (Fsp3) is 0.105. The first-order valence-electron chi connectivity index (χ1n) is 8.00. The highest BCUT2D eigenvalue weighted by Crippen LogP contribution is 2.27. The van der Waals surface area contributed by atoms with E-state index in [9.17, 15) is 14.3 Å². The van der Waals surface area contributed by atoms with Crippen LogP contribution in [0.3, 0.4) is 0 Å². The van der Waals surface area contributed by atoms with Crippen LogP contribution in [0.25, 0.3) is 21.5 Å². The van der Waals surface area contributed by atoms with Gasteiger partial charge in [0, 0.05) is 12.1 Å². The van der Waals surface area contributed by atoms with Crippen LogP contribution in [0.1, 0.15) is 5.56 Å². The van der Waals surface area contributed by atoms with Crippen molar-refractivity contribution in [3.63, 3.8) is 0 Å². The van der Waals surface area contributed by atoms with Crippen molar-refractivity contribution >= 4 is 21.7 Å². The Kier molecular flexibility index (Phi) is 4.22. The topological polar surface area (TPSA) is 68.0 Å². The van der Waals surface area contributed by atoms with Gasteiger partial charge in [-0.25, -0.2) is 9.37 Å². The van der Waals surface area contributed by atoms with Gasteiger partial charge in [-0.05, 0) is 59.9 Å². The number of halogens is 1. The molecule has 0 unspecified atom stereocenters. The average Bonchev–Trinajstić information content (AvgIpc) is 3.08. The zero-order valence-corrected chi connectivity index (χ0v) is 14.4. The molecular weight excluding hydrogens is 353 g/mol. The number of hydrogen-bond donors (Lipinski definition) is 1. The molecule has 0 saturated heterocycles. The third kappa shape index (κ3) is 3.09. The highest BCUT2D eigenvalue weighted by molar-refractivity contribution is 7.13. The molecular formula is C19H14FN3O2S. The Hall–Kier alpha value is -3.06. The lowest BCUT2D eigenvalue weighted by Crippen LogP contribution is -2.20. The molecule has 26 heavy (non-hydrogen) atoms. The van der Waals surface area contributed by atoms with Crippen LogP contribution in [0.15, 0.2) is 59.7 Å². The second-order valence-electron chi connectivity index (χ2n) is 5.88. The van der Waals surface area contributed by atoms with E-state index in [-0.39, 0.29) is 17.1 Å². The molecule has 0 aliphatic carbocycles. The maximum Gasteiger partial charge on any atom is 0.272 e. The van der Waals surface area contributed by atoms with Gasteiger partial charge in [-0.3, -0.25) is 9.36 Å². The van der Waals surface area contributed by atoms with Crippen LogP contribution in [0.5, 0.6) is 5.75 Å². The van der Waals surface area contributed by atoms with E-state index in [0.29, 0.717) is 28.9 Å². The fourth-order valence-corrected chi connectivity index (χ4v) is 3.53. The Morgan fingerprint density at radius 1 is 1.08 bits per heavy atom. The van der Waals surface area contributed by atoms with Gasteiger partial charge in [-0.15, -0.1) is 0 Å². The molecule has 1 N–H and O–H groups in total. The molecule has 7 heteroatoms. The van der Waals surface area contributed by atoms with Gasteiger partial charge in [0.25, 0.3) is 5.56 Å². The maximum absolute atomic E-state index is 13.1. The minimum atomic E-state index is -0.321. The van der Waals surface area contributed by atoms with E-state index in [1.165, 1.54) is 18.5 Å². The molecule has 4 rings (SSSR count). The summed E-state index contributed by atoms with van der Waals surface area (Å²) in [6, 6.07) is 12.9. The lowest BCUT2D eigenvalue weighted by molar-refractivity contribution is 0.475. The summed E-state index contributed by atoms with van der Waals surface area (Å²) < 4.78 is 19.5. The van der Waals surface area contributed by atoms with Gasteiger partial charge in [0.1, 0.15) is 27.5 Å². The molecule has 0 spiro atoms. The van der Waals surface area contributed by atoms with Crippen LogP contribution >= 0.6 is 11.5 Å². The molecule has 0 aliphatic rings. The Morgan fingerprint density at radius 2 is 1.81 bits per heavy atom. The van der Waals surface area contributed by atoms with E-state index < -0.39 is 0 Å². The zero-order valence-electron chi connectivity index (χ0n) is 13.6. The summed E-state index contributed by atoms with van der Waals surface area (Å²) in [5.41, 5.74) is 2.73. The van der Waals surface area contributed by atoms with Crippen LogP contribution in [0.4, 0.5) is 4.39 Å². The lowest BCUT2D eigenvalue weighted by atomic mass is 10.1. The Balaban J connectivity index is 1.64. The van der Waals surface area contributed by atoms with E-state index in [2.05, 4.69) is 9.36 Å². The number of phenols is 1. The predicted molar refractivity (Wildman–Crippen MR) is 98.9 cm³/mol. The van der Waals surface area contributed by atoms with Crippen LogP contribution < -0.4 is 5.56 Å². The third-order valence-corrected chi connectivity index (χ3v) is 4.97. The molecule has 2 heterocycles. The van der Waals surface area contributed by atoms with Crippen molar-refractivity contribution in [2.75, 3.05) is 0 Å². The maximum atomic E-state index is 13.1. The van der Waals surface area contributed by atoms with Gasteiger partial charge in [0.15, 0.2) is 0 Å².